The summed E-state index contributed by atoms with van der Waals surface area (Å²) in [6.07, 6.45) is 0. The first-order chi connectivity index (χ1) is 7.54. The maximum atomic E-state index is 11.9. The van der Waals surface area contributed by atoms with Gasteiger partial charge in [0.05, 0.1) is 13.2 Å². The second kappa shape index (κ2) is 7.06. The molecule has 7 heteroatoms. The summed E-state index contributed by atoms with van der Waals surface area (Å²) >= 11 is 0. The van der Waals surface area contributed by atoms with Gasteiger partial charge < -0.3 is 9.05 Å². The molecule has 0 aliphatic carbocycles. The van der Waals surface area contributed by atoms with Gasteiger partial charge in [0.25, 0.3) is 0 Å². The molecule has 2 atom stereocenters. The molecule has 0 aliphatic heterocycles. The van der Waals surface area contributed by atoms with E-state index >= 15 is 0 Å². The number of hydrogen-bond acceptors (Lipinski definition) is 5. The Morgan fingerprint density at radius 1 is 0.824 bits per heavy atom. The molecule has 0 spiro atoms. The van der Waals surface area contributed by atoms with Crippen LogP contribution in [0.1, 0.15) is 27.7 Å². The summed E-state index contributed by atoms with van der Waals surface area (Å²) in [6.45, 7) is 11.0. The minimum atomic E-state index is -3.32. The molecule has 0 aromatic heterocycles. The van der Waals surface area contributed by atoms with E-state index in [1.54, 1.807) is 0 Å². The third-order valence-corrected chi connectivity index (χ3v) is 5.19. The van der Waals surface area contributed by atoms with Crippen molar-refractivity contribution in [1.82, 2.24) is 0 Å². The van der Waals surface area contributed by atoms with E-state index in [-0.39, 0.29) is 11.8 Å². The molecule has 0 bridgehead atoms. The summed E-state index contributed by atoms with van der Waals surface area (Å²) < 4.78 is 39.0. The standard InChI is InChI=1S/C10H24O5P2/c1-9(2)7-13-16(5,11)15-17(6,12)14-8-10(3)4/h9-10H,7-8H2,1-6H3. The maximum Gasteiger partial charge on any atom is 0.334 e. The lowest BCUT2D eigenvalue weighted by molar-refractivity contribution is 0.205. The molecule has 0 N–H and O–H groups in total. The van der Waals surface area contributed by atoms with Crippen LogP contribution >= 0.6 is 15.2 Å². The Bertz CT molecular complexity index is 284. The van der Waals surface area contributed by atoms with Gasteiger partial charge in [0.15, 0.2) is 0 Å². The molecule has 0 fully saturated rings. The van der Waals surface area contributed by atoms with Crippen molar-refractivity contribution in [3.63, 3.8) is 0 Å². The minimum Gasteiger partial charge on any atom is -0.308 e. The third-order valence-electron chi connectivity index (χ3n) is 1.58. The van der Waals surface area contributed by atoms with Crippen LogP contribution in [0.5, 0.6) is 0 Å². The molecule has 104 valence electrons. The van der Waals surface area contributed by atoms with Crippen molar-refractivity contribution in [3.05, 3.63) is 0 Å². The summed E-state index contributed by atoms with van der Waals surface area (Å²) in [5, 5.41) is 0. The Hall–Kier alpha value is 0.340. The molecular weight excluding hydrogens is 262 g/mol. The third kappa shape index (κ3) is 9.99. The molecule has 0 aliphatic rings. The van der Waals surface area contributed by atoms with Gasteiger partial charge in [-0.2, -0.15) is 0 Å². The fourth-order valence-corrected chi connectivity index (χ4v) is 4.56. The Balaban J connectivity index is 4.28. The van der Waals surface area contributed by atoms with Gasteiger partial charge in [-0.05, 0) is 11.8 Å². The zero-order valence-corrected chi connectivity index (χ0v) is 13.3. The molecule has 0 saturated heterocycles. The van der Waals surface area contributed by atoms with Crippen LogP contribution in [-0.4, -0.2) is 26.5 Å². The van der Waals surface area contributed by atoms with Crippen molar-refractivity contribution in [1.29, 1.82) is 0 Å². The van der Waals surface area contributed by atoms with Gasteiger partial charge >= 0.3 is 15.2 Å². The highest BCUT2D eigenvalue weighted by Gasteiger charge is 2.29. The van der Waals surface area contributed by atoms with Crippen molar-refractivity contribution >= 4 is 15.2 Å². The van der Waals surface area contributed by atoms with E-state index in [1.807, 2.05) is 27.7 Å². The van der Waals surface area contributed by atoms with Crippen molar-refractivity contribution in [2.24, 2.45) is 11.8 Å². The van der Waals surface area contributed by atoms with E-state index < -0.39 is 15.2 Å². The van der Waals surface area contributed by atoms with Gasteiger partial charge in [-0.15, -0.1) is 0 Å². The molecule has 0 amide bonds. The van der Waals surface area contributed by atoms with Crippen LogP contribution in [0.3, 0.4) is 0 Å². The maximum absolute atomic E-state index is 11.9. The molecular formula is C10H24O5P2. The fourth-order valence-electron chi connectivity index (χ4n) is 0.885. The van der Waals surface area contributed by atoms with E-state index in [2.05, 4.69) is 0 Å². The topological polar surface area (TPSA) is 61.8 Å². The van der Waals surface area contributed by atoms with Crippen LogP contribution in [0.25, 0.3) is 0 Å². The van der Waals surface area contributed by atoms with Crippen LogP contribution in [0.2, 0.25) is 0 Å². The van der Waals surface area contributed by atoms with Crippen LogP contribution in [0.4, 0.5) is 0 Å². The van der Waals surface area contributed by atoms with Crippen LogP contribution < -0.4 is 0 Å². The summed E-state index contributed by atoms with van der Waals surface area (Å²) in [7, 11) is -6.63. The Labute approximate surface area is 104 Å². The first-order valence-corrected chi connectivity index (χ1v) is 9.67. The fraction of sp³-hybridized carbons (Fsp3) is 1.00. The van der Waals surface area contributed by atoms with Crippen LogP contribution in [0.15, 0.2) is 0 Å². The summed E-state index contributed by atoms with van der Waals surface area (Å²) in [6, 6.07) is 0. The van der Waals surface area contributed by atoms with Crippen molar-refractivity contribution in [2.75, 3.05) is 26.5 Å². The van der Waals surface area contributed by atoms with E-state index in [0.29, 0.717) is 13.2 Å². The van der Waals surface area contributed by atoms with Gasteiger partial charge in [-0.3, -0.25) is 9.13 Å². The predicted molar refractivity (Wildman–Crippen MR) is 69.7 cm³/mol. The van der Waals surface area contributed by atoms with Gasteiger partial charge in [-0.25, -0.2) is 4.31 Å². The summed E-state index contributed by atoms with van der Waals surface area (Å²) in [4.78, 5) is 0. The first kappa shape index (κ1) is 17.3. The van der Waals surface area contributed by atoms with Gasteiger partial charge in [-0.1, -0.05) is 27.7 Å². The Kier molecular flexibility index (Phi) is 7.20. The van der Waals surface area contributed by atoms with Gasteiger partial charge in [0, 0.05) is 13.3 Å². The Morgan fingerprint density at radius 2 is 1.12 bits per heavy atom. The SMILES string of the molecule is CC(C)COP(C)(=O)OP(C)(=O)OCC(C)C. The second-order valence-electron chi connectivity index (χ2n) is 5.00. The lowest BCUT2D eigenvalue weighted by atomic mass is 10.2. The molecule has 0 aromatic rings. The highest BCUT2D eigenvalue weighted by Crippen LogP contribution is 2.61. The van der Waals surface area contributed by atoms with E-state index in [1.165, 1.54) is 13.3 Å². The molecule has 0 radical (unpaired) electrons. The van der Waals surface area contributed by atoms with Crippen molar-refractivity contribution < 1.29 is 22.5 Å². The zero-order valence-electron chi connectivity index (χ0n) is 11.5. The van der Waals surface area contributed by atoms with Crippen LogP contribution in [-0.2, 0) is 22.5 Å². The van der Waals surface area contributed by atoms with E-state index in [9.17, 15) is 9.13 Å². The van der Waals surface area contributed by atoms with Gasteiger partial charge in [0.2, 0.25) is 0 Å². The number of hydrogen-bond donors (Lipinski definition) is 0. The molecule has 0 aromatic carbocycles. The normalized spacial score (nSPS) is 19.3. The molecule has 2 unspecified atom stereocenters. The van der Waals surface area contributed by atoms with E-state index in [0.717, 1.165) is 0 Å². The monoisotopic (exact) mass is 286 g/mol. The Morgan fingerprint density at radius 3 is 1.35 bits per heavy atom. The summed E-state index contributed by atoms with van der Waals surface area (Å²) in [5.74, 6) is 0.472. The first-order valence-electron chi connectivity index (χ1n) is 5.69. The quantitative estimate of drug-likeness (QED) is 0.631. The minimum absolute atomic E-state index is 0.236. The molecule has 0 heterocycles. The van der Waals surface area contributed by atoms with E-state index in [4.69, 9.17) is 13.4 Å². The highest BCUT2D eigenvalue weighted by atomic mass is 31.3. The molecule has 0 rings (SSSR count). The zero-order chi connectivity index (χ0) is 13.7. The smallest absolute Gasteiger partial charge is 0.308 e. The average molecular weight is 286 g/mol. The van der Waals surface area contributed by atoms with Crippen molar-refractivity contribution in [3.8, 4) is 0 Å². The molecule has 5 nitrogen and oxygen atoms in total. The highest BCUT2D eigenvalue weighted by molar-refractivity contribution is 7.66. The molecule has 0 saturated carbocycles. The second-order valence-corrected chi connectivity index (χ2v) is 9.26. The molecule has 17 heavy (non-hydrogen) atoms. The average Bonchev–Trinajstić information content (AvgIpc) is 2.10. The predicted octanol–water partition coefficient (Wildman–Crippen LogP) is 3.99. The number of rotatable bonds is 8. The van der Waals surface area contributed by atoms with Crippen molar-refractivity contribution in [2.45, 2.75) is 27.7 Å². The summed E-state index contributed by atoms with van der Waals surface area (Å²) in [5.41, 5.74) is 0. The van der Waals surface area contributed by atoms with Crippen LogP contribution in [0, 0.1) is 11.8 Å². The largest absolute Gasteiger partial charge is 0.334 e. The van der Waals surface area contributed by atoms with Gasteiger partial charge in [0.1, 0.15) is 0 Å². The lowest BCUT2D eigenvalue weighted by Gasteiger charge is -2.20. The lowest BCUT2D eigenvalue weighted by Crippen LogP contribution is -2.04.